The number of alkyl halides is 3. The van der Waals surface area contributed by atoms with E-state index in [9.17, 15) is 13.2 Å². The topological polar surface area (TPSA) is 76.3 Å². The van der Waals surface area contributed by atoms with Crippen LogP contribution in [-0.2, 0) is 10.9 Å². The van der Waals surface area contributed by atoms with Crippen LogP contribution in [0.4, 0.5) is 24.9 Å². The number of halogens is 3. The number of rotatable bonds is 5. The molecule has 0 bridgehead atoms. The Morgan fingerprint density at radius 3 is 2.67 bits per heavy atom. The predicted molar refractivity (Wildman–Crippen MR) is 71.8 cm³/mol. The molecule has 2 heterocycles. The van der Waals surface area contributed by atoms with E-state index in [-0.39, 0.29) is 11.8 Å². The molecule has 1 aliphatic rings. The molecule has 1 saturated heterocycles. The minimum Gasteiger partial charge on any atom is -0.379 e. The lowest BCUT2D eigenvalue weighted by atomic mass is 10.3. The van der Waals surface area contributed by atoms with Crippen LogP contribution in [0.1, 0.15) is 12.1 Å². The zero-order valence-electron chi connectivity index (χ0n) is 11.5. The Morgan fingerprint density at radius 2 is 2.00 bits per heavy atom. The molecule has 21 heavy (non-hydrogen) atoms. The minimum atomic E-state index is -4.53. The van der Waals surface area contributed by atoms with Crippen molar-refractivity contribution in [3.8, 4) is 0 Å². The Balaban J connectivity index is 1.81. The maximum atomic E-state index is 12.6. The second kappa shape index (κ2) is 6.90. The van der Waals surface area contributed by atoms with Gasteiger partial charge in [-0.2, -0.15) is 18.2 Å². The van der Waals surface area contributed by atoms with Gasteiger partial charge in [0.2, 0.25) is 5.95 Å². The maximum absolute atomic E-state index is 12.6. The summed E-state index contributed by atoms with van der Waals surface area (Å²) in [5, 5.41) is 2.85. The Hall–Kier alpha value is -1.61. The Bertz CT molecular complexity index is 463. The van der Waals surface area contributed by atoms with Gasteiger partial charge in [-0.3, -0.25) is 4.90 Å². The predicted octanol–water partition coefficient (Wildman–Crippen LogP) is 1.21. The Kier molecular flexibility index (Phi) is 5.18. The first kappa shape index (κ1) is 15.8. The summed E-state index contributed by atoms with van der Waals surface area (Å²) in [6.07, 6.45) is -3.73. The Morgan fingerprint density at radius 1 is 1.29 bits per heavy atom. The summed E-state index contributed by atoms with van der Waals surface area (Å²) in [5.74, 6) is -0.294. The van der Waals surface area contributed by atoms with E-state index in [2.05, 4.69) is 20.2 Å². The number of hydrogen-bond acceptors (Lipinski definition) is 6. The van der Waals surface area contributed by atoms with Crippen LogP contribution in [-0.4, -0.2) is 54.3 Å². The molecular formula is C12H18F3N5O. The van der Waals surface area contributed by atoms with Crippen molar-refractivity contribution in [2.45, 2.75) is 12.6 Å². The van der Waals surface area contributed by atoms with Crippen LogP contribution < -0.4 is 11.1 Å². The molecule has 118 valence electrons. The van der Waals surface area contributed by atoms with E-state index in [1.165, 1.54) is 0 Å². The van der Waals surface area contributed by atoms with Crippen LogP contribution in [0.2, 0.25) is 0 Å². The van der Waals surface area contributed by atoms with Crippen molar-refractivity contribution in [2.24, 2.45) is 0 Å². The van der Waals surface area contributed by atoms with Gasteiger partial charge in [-0.15, -0.1) is 0 Å². The highest BCUT2D eigenvalue weighted by Crippen LogP contribution is 2.29. The molecule has 1 aromatic heterocycles. The lowest BCUT2D eigenvalue weighted by Gasteiger charge is -2.26. The molecule has 1 fully saturated rings. The smallest absolute Gasteiger partial charge is 0.379 e. The van der Waals surface area contributed by atoms with Gasteiger partial charge in [0.05, 0.1) is 13.2 Å². The second-order valence-electron chi connectivity index (χ2n) is 4.73. The number of ether oxygens (including phenoxy) is 1. The van der Waals surface area contributed by atoms with Crippen LogP contribution in [0.3, 0.4) is 0 Å². The van der Waals surface area contributed by atoms with E-state index in [1.54, 1.807) is 0 Å². The van der Waals surface area contributed by atoms with Gasteiger partial charge in [0.1, 0.15) is 5.82 Å². The SMILES string of the molecule is Nc1nc(NCCCN2CCOCC2)cc(C(F)(F)F)n1. The average Bonchev–Trinajstić information content (AvgIpc) is 2.43. The van der Waals surface area contributed by atoms with Crippen molar-refractivity contribution in [3.05, 3.63) is 11.8 Å². The van der Waals surface area contributed by atoms with E-state index in [0.29, 0.717) is 6.54 Å². The van der Waals surface area contributed by atoms with Crippen LogP contribution in [0, 0.1) is 0 Å². The van der Waals surface area contributed by atoms with E-state index >= 15 is 0 Å². The van der Waals surface area contributed by atoms with Crippen molar-refractivity contribution in [1.29, 1.82) is 0 Å². The van der Waals surface area contributed by atoms with Crippen LogP contribution >= 0.6 is 0 Å². The zero-order chi connectivity index (χ0) is 15.3. The third-order valence-corrected chi connectivity index (χ3v) is 3.09. The summed E-state index contributed by atoms with van der Waals surface area (Å²) < 4.78 is 43.0. The fourth-order valence-corrected chi connectivity index (χ4v) is 2.05. The van der Waals surface area contributed by atoms with Gasteiger partial charge < -0.3 is 15.8 Å². The number of aromatic nitrogens is 2. The highest BCUT2D eigenvalue weighted by molar-refractivity contribution is 5.41. The molecule has 0 aromatic carbocycles. The largest absolute Gasteiger partial charge is 0.433 e. The number of hydrogen-bond donors (Lipinski definition) is 2. The van der Waals surface area contributed by atoms with Crippen LogP contribution in [0.25, 0.3) is 0 Å². The monoisotopic (exact) mass is 305 g/mol. The summed E-state index contributed by atoms with van der Waals surface area (Å²) in [6, 6.07) is 0.866. The first-order chi connectivity index (χ1) is 9.95. The zero-order valence-corrected chi connectivity index (χ0v) is 11.5. The van der Waals surface area contributed by atoms with Gasteiger partial charge in [-0.05, 0) is 13.0 Å². The Labute approximate surface area is 120 Å². The minimum absolute atomic E-state index is 0.0943. The molecule has 2 rings (SSSR count). The van der Waals surface area contributed by atoms with Crippen molar-refractivity contribution in [3.63, 3.8) is 0 Å². The van der Waals surface area contributed by atoms with Gasteiger partial charge >= 0.3 is 6.18 Å². The van der Waals surface area contributed by atoms with E-state index in [4.69, 9.17) is 10.5 Å². The molecule has 3 N–H and O–H groups in total. The molecule has 0 atom stereocenters. The third kappa shape index (κ3) is 5.01. The number of nitrogens with zero attached hydrogens (tertiary/aromatic N) is 3. The second-order valence-corrected chi connectivity index (χ2v) is 4.73. The molecule has 0 amide bonds. The van der Waals surface area contributed by atoms with Gasteiger partial charge in [0, 0.05) is 25.7 Å². The summed E-state index contributed by atoms with van der Waals surface area (Å²) >= 11 is 0. The van der Waals surface area contributed by atoms with Crippen molar-refractivity contribution < 1.29 is 17.9 Å². The maximum Gasteiger partial charge on any atom is 0.433 e. The summed E-state index contributed by atoms with van der Waals surface area (Å²) in [6.45, 7) is 4.61. The van der Waals surface area contributed by atoms with Crippen molar-refractivity contribution >= 4 is 11.8 Å². The van der Waals surface area contributed by atoms with Crippen molar-refractivity contribution in [2.75, 3.05) is 50.4 Å². The fraction of sp³-hybridized carbons (Fsp3) is 0.667. The summed E-state index contributed by atoms with van der Waals surface area (Å²) in [4.78, 5) is 9.19. The van der Waals surface area contributed by atoms with E-state index < -0.39 is 11.9 Å². The lowest BCUT2D eigenvalue weighted by Crippen LogP contribution is -2.37. The van der Waals surface area contributed by atoms with Crippen LogP contribution in [0.5, 0.6) is 0 Å². The molecule has 0 unspecified atom stereocenters. The number of nitrogens with two attached hydrogens (primary N) is 1. The van der Waals surface area contributed by atoms with E-state index in [1.807, 2.05) is 0 Å². The lowest BCUT2D eigenvalue weighted by molar-refractivity contribution is -0.141. The van der Waals surface area contributed by atoms with Gasteiger partial charge in [-0.25, -0.2) is 4.98 Å². The van der Waals surface area contributed by atoms with Gasteiger partial charge in [0.15, 0.2) is 5.69 Å². The molecule has 1 aromatic rings. The first-order valence-corrected chi connectivity index (χ1v) is 6.71. The van der Waals surface area contributed by atoms with Gasteiger partial charge in [-0.1, -0.05) is 0 Å². The molecule has 9 heteroatoms. The average molecular weight is 305 g/mol. The number of nitrogen functional groups attached to an aromatic ring is 1. The fourth-order valence-electron chi connectivity index (χ4n) is 2.05. The molecule has 0 saturated carbocycles. The highest BCUT2D eigenvalue weighted by Gasteiger charge is 2.33. The third-order valence-electron chi connectivity index (χ3n) is 3.09. The molecule has 0 radical (unpaired) electrons. The summed E-state index contributed by atoms with van der Waals surface area (Å²) in [7, 11) is 0. The standard InChI is InChI=1S/C12H18F3N5O/c13-12(14,15)9-8-10(19-11(16)18-9)17-2-1-3-20-4-6-21-7-5-20/h8H,1-7H2,(H3,16,17,18,19). The number of anilines is 2. The van der Waals surface area contributed by atoms with E-state index in [0.717, 1.165) is 45.3 Å². The van der Waals surface area contributed by atoms with Crippen LogP contribution in [0.15, 0.2) is 6.07 Å². The molecule has 6 nitrogen and oxygen atoms in total. The first-order valence-electron chi connectivity index (χ1n) is 6.71. The van der Waals surface area contributed by atoms with Crippen molar-refractivity contribution in [1.82, 2.24) is 14.9 Å². The normalized spacial score (nSPS) is 16.9. The number of morpholine rings is 1. The quantitative estimate of drug-likeness (QED) is 0.797. The highest BCUT2D eigenvalue weighted by atomic mass is 19.4. The molecule has 0 spiro atoms. The molecular weight excluding hydrogens is 287 g/mol. The molecule has 0 aliphatic carbocycles. The molecule has 1 aliphatic heterocycles. The van der Waals surface area contributed by atoms with Gasteiger partial charge in [0.25, 0.3) is 0 Å². The number of nitrogens with one attached hydrogen (secondary N) is 1. The summed E-state index contributed by atoms with van der Waals surface area (Å²) in [5.41, 5.74) is 4.26.